The van der Waals surface area contributed by atoms with Crippen molar-refractivity contribution in [3.8, 4) is 0 Å². The molecule has 0 aromatic rings. The molecule has 4 rings (SSSR count). The number of rotatable bonds is 2. The molecule has 0 amide bonds. The van der Waals surface area contributed by atoms with Gasteiger partial charge in [-0.15, -0.1) is 0 Å². The van der Waals surface area contributed by atoms with Crippen LogP contribution < -0.4 is 0 Å². The Kier molecular flexibility index (Phi) is 2.19. The van der Waals surface area contributed by atoms with Crippen LogP contribution in [0, 0.1) is 21.7 Å². The van der Waals surface area contributed by atoms with E-state index in [9.17, 15) is 5.11 Å². The predicted molar refractivity (Wildman–Crippen MR) is 70.8 cm³/mol. The van der Waals surface area contributed by atoms with E-state index in [-0.39, 0.29) is 11.5 Å². The maximum absolute atomic E-state index is 10.6. The first kappa shape index (κ1) is 12.0. The van der Waals surface area contributed by atoms with E-state index in [1.165, 1.54) is 38.5 Å². The van der Waals surface area contributed by atoms with E-state index in [4.69, 9.17) is 0 Å². The third-order valence-electron chi connectivity index (χ3n) is 5.99. The lowest BCUT2D eigenvalue weighted by molar-refractivity contribution is -0.216. The molecule has 0 heterocycles. The molecular weight excluding hydrogens is 208 g/mol. The average Bonchev–Trinajstić information content (AvgIpc) is 2.08. The molecule has 1 nitrogen and oxygen atoms in total. The molecule has 1 heteroatoms. The number of hydrogen-bond donors (Lipinski definition) is 1. The second-order valence-electron chi connectivity index (χ2n) is 8.78. The summed E-state index contributed by atoms with van der Waals surface area (Å²) < 4.78 is 0. The fourth-order valence-corrected chi connectivity index (χ4v) is 7.18. The quantitative estimate of drug-likeness (QED) is 0.764. The van der Waals surface area contributed by atoms with Crippen LogP contribution in [0.5, 0.6) is 0 Å². The molecule has 0 aromatic heterocycles. The summed E-state index contributed by atoms with van der Waals surface area (Å²) in [5.41, 5.74) is 1.78. The average molecular weight is 236 g/mol. The second kappa shape index (κ2) is 3.10. The van der Waals surface area contributed by atoms with Crippen LogP contribution in [0.15, 0.2) is 0 Å². The molecule has 1 atom stereocenters. The van der Waals surface area contributed by atoms with Gasteiger partial charge in [0.1, 0.15) is 0 Å². The molecule has 98 valence electrons. The van der Waals surface area contributed by atoms with Gasteiger partial charge >= 0.3 is 0 Å². The first-order valence-electron chi connectivity index (χ1n) is 7.40. The first-order valence-corrected chi connectivity index (χ1v) is 7.40. The summed E-state index contributed by atoms with van der Waals surface area (Å²) in [4.78, 5) is 0. The van der Waals surface area contributed by atoms with Crippen molar-refractivity contribution in [2.24, 2.45) is 21.7 Å². The highest BCUT2D eigenvalue weighted by atomic mass is 16.3. The normalized spacial score (nSPS) is 58.4. The zero-order valence-electron chi connectivity index (χ0n) is 12.0. The van der Waals surface area contributed by atoms with Gasteiger partial charge < -0.3 is 5.11 Å². The van der Waals surface area contributed by atoms with Crippen LogP contribution in [0.25, 0.3) is 0 Å². The van der Waals surface area contributed by atoms with Crippen molar-refractivity contribution in [3.63, 3.8) is 0 Å². The zero-order chi connectivity index (χ0) is 12.5. The van der Waals surface area contributed by atoms with Crippen molar-refractivity contribution in [2.75, 3.05) is 0 Å². The molecule has 0 radical (unpaired) electrons. The second-order valence-corrected chi connectivity index (χ2v) is 8.78. The minimum Gasteiger partial charge on any atom is -0.393 e. The van der Waals surface area contributed by atoms with Gasteiger partial charge in [0.05, 0.1) is 6.10 Å². The lowest BCUT2D eigenvalue weighted by Crippen LogP contribution is -2.61. The molecule has 1 N–H and O–H groups in total. The third kappa shape index (κ3) is 1.61. The van der Waals surface area contributed by atoms with Gasteiger partial charge in [0.25, 0.3) is 0 Å². The molecule has 1 unspecified atom stereocenters. The Morgan fingerprint density at radius 1 is 0.824 bits per heavy atom. The van der Waals surface area contributed by atoms with Crippen LogP contribution >= 0.6 is 0 Å². The topological polar surface area (TPSA) is 20.2 Å². The SMILES string of the molecule is CCC(O)C12CC3(C)CC(C)(CC(C)(C3)C1)C2. The van der Waals surface area contributed by atoms with Crippen LogP contribution in [0.3, 0.4) is 0 Å². The fraction of sp³-hybridized carbons (Fsp3) is 1.00. The molecule has 4 saturated carbocycles. The van der Waals surface area contributed by atoms with Crippen LogP contribution in [0.1, 0.15) is 72.6 Å². The van der Waals surface area contributed by atoms with Crippen molar-refractivity contribution >= 4 is 0 Å². The summed E-state index contributed by atoms with van der Waals surface area (Å²) in [5.74, 6) is 0. The largest absolute Gasteiger partial charge is 0.393 e. The number of hydrogen-bond acceptors (Lipinski definition) is 1. The lowest BCUT2D eigenvalue weighted by Gasteiger charge is -2.70. The van der Waals surface area contributed by atoms with Gasteiger partial charge in [-0.2, -0.15) is 0 Å². The summed E-state index contributed by atoms with van der Waals surface area (Å²) in [6.45, 7) is 9.60. The highest BCUT2D eigenvalue weighted by molar-refractivity contribution is 5.15. The fourth-order valence-electron chi connectivity index (χ4n) is 7.18. The van der Waals surface area contributed by atoms with E-state index < -0.39 is 0 Å². The van der Waals surface area contributed by atoms with Gasteiger partial charge in [0.15, 0.2) is 0 Å². The van der Waals surface area contributed by atoms with E-state index in [0.29, 0.717) is 16.2 Å². The van der Waals surface area contributed by atoms with Gasteiger partial charge in [0, 0.05) is 0 Å². The van der Waals surface area contributed by atoms with Crippen molar-refractivity contribution < 1.29 is 5.11 Å². The Morgan fingerprint density at radius 3 is 1.47 bits per heavy atom. The van der Waals surface area contributed by atoms with E-state index >= 15 is 0 Å². The van der Waals surface area contributed by atoms with Gasteiger partial charge in [-0.05, 0) is 66.6 Å². The Bertz CT molecular complexity index is 292. The third-order valence-corrected chi connectivity index (χ3v) is 5.99. The van der Waals surface area contributed by atoms with Crippen LogP contribution in [-0.2, 0) is 0 Å². The van der Waals surface area contributed by atoms with Crippen molar-refractivity contribution in [3.05, 3.63) is 0 Å². The predicted octanol–water partition coefficient (Wildman–Crippen LogP) is 4.14. The maximum atomic E-state index is 10.6. The van der Waals surface area contributed by atoms with E-state index in [2.05, 4.69) is 27.7 Å². The van der Waals surface area contributed by atoms with E-state index in [1.54, 1.807) is 0 Å². The summed E-state index contributed by atoms with van der Waals surface area (Å²) in [6, 6.07) is 0. The molecule has 17 heavy (non-hydrogen) atoms. The Labute approximate surface area is 106 Å². The molecule has 4 bridgehead atoms. The van der Waals surface area contributed by atoms with Crippen LogP contribution in [0.4, 0.5) is 0 Å². The molecule has 0 aliphatic heterocycles. The Morgan fingerprint density at radius 2 is 1.18 bits per heavy atom. The summed E-state index contributed by atoms with van der Waals surface area (Å²) in [6.07, 6.45) is 8.89. The highest BCUT2D eigenvalue weighted by Crippen LogP contribution is 2.74. The molecule has 4 aliphatic carbocycles. The molecule has 4 aliphatic rings. The standard InChI is InChI=1S/C16H28O/c1-5-12(17)16-9-13(2)6-14(3,10-16)8-15(4,7-13)11-16/h12,17H,5-11H2,1-4H3. The smallest absolute Gasteiger partial charge is 0.0594 e. The van der Waals surface area contributed by atoms with Crippen LogP contribution in [-0.4, -0.2) is 11.2 Å². The molecule has 4 fully saturated rings. The van der Waals surface area contributed by atoms with Crippen LogP contribution in [0.2, 0.25) is 0 Å². The zero-order valence-corrected chi connectivity index (χ0v) is 12.0. The summed E-state index contributed by atoms with van der Waals surface area (Å²) in [7, 11) is 0. The monoisotopic (exact) mass is 236 g/mol. The van der Waals surface area contributed by atoms with Crippen molar-refractivity contribution in [2.45, 2.75) is 78.7 Å². The van der Waals surface area contributed by atoms with E-state index in [1.807, 2.05) is 0 Å². The summed E-state index contributed by atoms with van der Waals surface area (Å²) in [5, 5.41) is 10.6. The van der Waals surface area contributed by atoms with Gasteiger partial charge in [-0.1, -0.05) is 27.7 Å². The molecule has 0 saturated heterocycles. The molecule has 0 aromatic carbocycles. The van der Waals surface area contributed by atoms with Crippen molar-refractivity contribution in [1.29, 1.82) is 0 Å². The van der Waals surface area contributed by atoms with Gasteiger partial charge in [-0.25, -0.2) is 0 Å². The Balaban J connectivity index is 2.04. The number of aliphatic hydroxyl groups excluding tert-OH is 1. The van der Waals surface area contributed by atoms with Gasteiger partial charge in [0.2, 0.25) is 0 Å². The summed E-state index contributed by atoms with van der Waals surface area (Å²) >= 11 is 0. The first-order chi connectivity index (χ1) is 7.72. The minimum absolute atomic E-state index is 0.0682. The van der Waals surface area contributed by atoms with Gasteiger partial charge in [-0.3, -0.25) is 0 Å². The molecular formula is C16H28O. The van der Waals surface area contributed by atoms with E-state index in [0.717, 1.165) is 6.42 Å². The minimum atomic E-state index is -0.0682. The van der Waals surface area contributed by atoms with Crippen molar-refractivity contribution in [1.82, 2.24) is 0 Å². The lowest BCUT2D eigenvalue weighted by atomic mass is 9.35. The Hall–Kier alpha value is -0.0400. The highest BCUT2D eigenvalue weighted by Gasteiger charge is 2.65. The maximum Gasteiger partial charge on any atom is 0.0594 e. The number of aliphatic hydroxyl groups is 1. The molecule has 0 spiro atoms.